The Hall–Kier alpha value is -2.04. The van der Waals surface area contributed by atoms with Crippen LogP contribution in [0.25, 0.3) is 0 Å². The highest BCUT2D eigenvalue weighted by molar-refractivity contribution is 5.94. The van der Waals surface area contributed by atoms with E-state index in [0.717, 1.165) is 5.75 Å². The minimum atomic E-state index is 0.0136. The van der Waals surface area contributed by atoms with Gasteiger partial charge < -0.3 is 14.5 Å². The highest BCUT2D eigenvalue weighted by atomic mass is 16.5. The molecule has 22 heavy (non-hydrogen) atoms. The van der Waals surface area contributed by atoms with E-state index in [2.05, 4.69) is 0 Å². The quantitative estimate of drug-likeness (QED) is 0.856. The zero-order valence-corrected chi connectivity index (χ0v) is 13.5. The number of piperazine rings is 1. The molecule has 1 aromatic rings. The summed E-state index contributed by atoms with van der Waals surface area (Å²) < 4.78 is 5.58. The van der Waals surface area contributed by atoms with Crippen LogP contribution in [0, 0.1) is 0 Å². The Balaban J connectivity index is 1.93. The molecule has 0 radical (unpaired) electrons. The Morgan fingerprint density at radius 3 is 2.09 bits per heavy atom. The maximum Gasteiger partial charge on any atom is 0.253 e. The van der Waals surface area contributed by atoms with Crippen molar-refractivity contribution in [3.05, 3.63) is 29.8 Å². The van der Waals surface area contributed by atoms with Gasteiger partial charge in [0.15, 0.2) is 0 Å². The van der Waals surface area contributed by atoms with E-state index in [1.165, 1.54) is 0 Å². The predicted octanol–water partition coefficient (Wildman–Crippen LogP) is 2.17. The number of carbonyl (C=O) groups excluding carboxylic acids is 2. The number of amides is 2. The van der Waals surface area contributed by atoms with E-state index in [1.54, 1.807) is 17.0 Å². The average molecular weight is 304 g/mol. The van der Waals surface area contributed by atoms with Crippen LogP contribution in [0.2, 0.25) is 0 Å². The fraction of sp³-hybridized carbons (Fsp3) is 0.529. The highest BCUT2D eigenvalue weighted by Gasteiger charge is 2.23. The van der Waals surface area contributed by atoms with Gasteiger partial charge in [-0.2, -0.15) is 0 Å². The second kappa shape index (κ2) is 7.29. The lowest BCUT2D eigenvalue weighted by atomic mass is 10.1. The van der Waals surface area contributed by atoms with Gasteiger partial charge in [-0.1, -0.05) is 6.92 Å². The smallest absolute Gasteiger partial charge is 0.253 e. The minimum absolute atomic E-state index is 0.0136. The van der Waals surface area contributed by atoms with E-state index in [1.807, 2.05) is 37.8 Å². The molecule has 0 saturated carbocycles. The molecule has 1 aliphatic heterocycles. The van der Waals surface area contributed by atoms with Gasteiger partial charge in [0.25, 0.3) is 5.91 Å². The van der Waals surface area contributed by atoms with Crippen LogP contribution in [0.1, 0.15) is 37.6 Å². The van der Waals surface area contributed by atoms with Gasteiger partial charge >= 0.3 is 0 Å². The molecular formula is C17H24N2O3. The molecule has 1 aromatic carbocycles. The molecule has 2 amide bonds. The summed E-state index contributed by atoms with van der Waals surface area (Å²) in [5.41, 5.74) is 0.659. The topological polar surface area (TPSA) is 49.9 Å². The number of rotatable bonds is 4. The normalized spacial score (nSPS) is 15.1. The molecule has 0 unspecified atom stereocenters. The molecule has 0 N–H and O–H groups in total. The summed E-state index contributed by atoms with van der Waals surface area (Å²) in [6, 6.07) is 7.24. The first-order chi connectivity index (χ1) is 10.5. The molecule has 0 bridgehead atoms. The lowest BCUT2D eigenvalue weighted by molar-refractivity contribution is -0.132. The van der Waals surface area contributed by atoms with Crippen molar-refractivity contribution in [1.82, 2.24) is 9.80 Å². The minimum Gasteiger partial charge on any atom is -0.491 e. The monoisotopic (exact) mass is 304 g/mol. The Morgan fingerprint density at radius 2 is 1.59 bits per heavy atom. The van der Waals surface area contributed by atoms with Crippen molar-refractivity contribution in [2.75, 3.05) is 26.2 Å². The number of hydrogen-bond donors (Lipinski definition) is 0. The summed E-state index contributed by atoms with van der Waals surface area (Å²) in [6.45, 7) is 8.22. The third-order valence-electron chi connectivity index (χ3n) is 3.70. The molecule has 1 fully saturated rings. The molecule has 1 saturated heterocycles. The van der Waals surface area contributed by atoms with Crippen LogP contribution in [0.5, 0.6) is 5.75 Å². The van der Waals surface area contributed by atoms with Gasteiger partial charge in [0, 0.05) is 38.2 Å². The third-order valence-corrected chi connectivity index (χ3v) is 3.70. The van der Waals surface area contributed by atoms with Crippen molar-refractivity contribution >= 4 is 11.8 Å². The van der Waals surface area contributed by atoms with Crippen molar-refractivity contribution in [1.29, 1.82) is 0 Å². The Kier molecular flexibility index (Phi) is 5.41. The van der Waals surface area contributed by atoms with Gasteiger partial charge in [-0.3, -0.25) is 9.59 Å². The summed E-state index contributed by atoms with van der Waals surface area (Å²) in [7, 11) is 0. The number of hydrogen-bond acceptors (Lipinski definition) is 3. The molecule has 0 aromatic heterocycles. The molecule has 1 aliphatic rings. The first kappa shape index (κ1) is 16.3. The van der Waals surface area contributed by atoms with E-state index >= 15 is 0 Å². The van der Waals surface area contributed by atoms with E-state index in [0.29, 0.717) is 38.2 Å². The van der Waals surface area contributed by atoms with Gasteiger partial charge in [-0.15, -0.1) is 0 Å². The van der Waals surface area contributed by atoms with E-state index in [-0.39, 0.29) is 17.9 Å². The largest absolute Gasteiger partial charge is 0.491 e. The summed E-state index contributed by atoms with van der Waals surface area (Å²) in [5.74, 6) is 0.937. The summed E-state index contributed by atoms with van der Waals surface area (Å²) in [4.78, 5) is 27.7. The zero-order chi connectivity index (χ0) is 16.1. The van der Waals surface area contributed by atoms with Crippen LogP contribution >= 0.6 is 0 Å². The molecule has 0 atom stereocenters. The Labute approximate surface area is 131 Å². The molecule has 2 rings (SSSR count). The molecule has 120 valence electrons. The highest BCUT2D eigenvalue weighted by Crippen LogP contribution is 2.16. The number of carbonyl (C=O) groups is 2. The molecule has 0 spiro atoms. The van der Waals surface area contributed by atoms with Crippen molar-refractivity contribution in [2.24, 2.45) is 0 Å². The zero-order valence-electron chi connectivity index (χ0n) is 13.5. The SMILES string of the molecule is CCC(=O)N1CCN(C(=O)c2ccc(OC(C)C)cc2)CC1. The molecule has 1 heterocycles. The van der Waals surface area contributed by atoms with Crippen LogP contribution in [0.15, 0.2) is 24.3 Å². The number of ether oxygens (including phenoxy) is 1. The van der Waals surface area contributed by atoms with Gasteiger partial charge in [-0.25, -0.2) is 0 Å². The van der Waals surface area contributed by atoms with Crippen LogP contribution in [-0.4, -0.2) is 53.9 Å². The Morgan fingerprint density at radius 1 is 1.05 bits per heavy atom. The fourth-order valence-electron chi connectivity index (χ4n) is 2.51. The third kappa shape index (κ3) is 4.00. The van der Waals surface area contributed by atoms with Gasteiger partial charge in [0.05, 0.1) is 6.10 Å². The fourth-order valence-corrected chi connectivity index (χ4v) is 2.51. The van der Waals surface area contributed by atoms with Crippen molar-refractivity contribution in [2.45, 2.75) is 33.3 Å². The van der Waals surface area contributed by atoms with Crippen LogP contribution in [-0.2, 0) is 4.79 Å². The number of benzene rings is 1. The molecular weight excluding hydrogens is 280 g/mol. The van der Waals surface area contributed by atoms with Gasteiger partial charge in [0.1, 0.15) is 5.75 Å². The predicted molar refractivity (Wildman–Crippen MR) is 85.0 cm³/mol. The van der Waals surface area contributed by atoms with E-state index in [9.17, 15) is 9.59 Å². The maximum atomic E-state index is 12.5. The van der Waals surface area contributed by atoms with Crippen molar-refractivity contribution in [3.8, 4) is 5.75 Å². The average Bonchev–Trinajstić information content (AvgIpc) is 2.54. The molecule has 0 aliphatic carbocycles. The van der Waals surface area contributed by atoms with Gasteiger partial charge in [0.2, 0.25) is 5.91 Å². The first-order valence-corrected chi connectivity index (χ1v) is 7.85. The first-order valence-electron chi connectivity index (χ1n) is 7.85. The van der Waals surface area contributed by atoms with Crippen molar-refractivity contribution in [3.63, 3.8) is 0 Å². The summed E-state index contributed by atoms with van der Waals surface area (Å²) in [5, 5.41) is 0. The second-order valence-corrected chi connectivity index (χ2v) is 5.72. The second-order valence-electron chi connectivity index (χ2n) is 5.72. The maximum absolute atomic E-state index is 12.5. The summed E-state index contributed by atoms with van der Waals surface area (Å²) in [6.07, 6.45) is 0.636. The van der Waals surface area contributed by atoms with Gasteiger partial charge in [-0.05, 0) is 38.1 Å². The van der Waals surface area contributed by atoms with Crippen molar-refractivity contribution < 1.29 is 14.3 Å². The van der Waals surface area contributed by atoms with E-state index in [4.69, 9.17) is 4.74 Å². The molecule has 5 nitrogen and oxygen atoms in total. The number of nitrogens with zero attached hydrogens (tertiary/aromatic N) is 2. The van der Waals surface area contributed by atoms with Crippen LogP contribution in [0.4, 0.5) is 0 Å². The summed E-state index contributed by atoms with van der Waals surface area (Å²) >= 11 is 0. The Bertz CT molecular complexity index is 517. The lowest BCUT2D eigenvalue weighted by Gasteiger charge is -2.34. The lowest BCUT2D eigenvalue weighted by Crippen LogP contribution is -2.50. The van der Waals surface area contributed by atoms with Crippen LogP contribution < -0.4 is 4.74 Å². The molecule has 5 heteroatoms. The standard InChI is InChI=1S/C17H24N2O3/c1-4-16(20)18-9-11-19(12-10-18)17(21)14-5-7-15(8-6-14)22-13(2)3/h5-8,13H,4,9-12H2,1-3H3. The van der Waals surface area contributed by atoms with Crippen LogP contribution in [0.3, 0.4) is 0 Å². The van der Waals surface area contributed by atoms with E-state index < -0.39 is 0 Å².